The van der Waals surface area contributed by atoms with Crippen molar-refractivity contribution in [2.45, 2.75) is 58.0 Å². The minimum Gasteiger partial charge on any atom is -0.486 e. The van der Waals surface area contributed by atoms with Crippen LogP contribution in [0.25, 0.3) is 0 Å². The van der Waals surface area contributed by atoms with E-state index in [1.54, 1.807) is 13.0 Å². The highest BCUT2D eigenvalue weighted by molar-refractivity contribution is 5.78. The lowest BCUT2D eigenvalue weighted by molar-refractivity contribution is -0.148. The molecule has 5 fully saturated rings. The van der Waals surface area contributed by atoms with Gasteiger partial charge in [0.1, 0.15) is 17.6 Å². The summed E-state index contributed by atoms with van der Waals surface area (Å²) in [7, 11) is 0. The maximum atomic E-state index is 12.8. The second-order valence-corrected chi connectivity index (χ2v) is 9.36. The fourth-order valence-corrected chi connectivity index (χ4v) is 6.49. The molecule has 0 atom stereocenters. The van der Waals surface area contributed by atoms with Crippen molar-refractivity contribution in [3.63, 3.8) is 0 Å². The van der Waals surface area contributed by atoms with E-state index in [2.05, 4.69) is 0 Å². The Kier molecular flexibility index (Phi) is 3.70. The molecule has 5 heteroatoms. The molecule has 1 saturated heterocycles. The zero-order valence-electron chi connectivity index (χ0n) is 15.4. The quantitative estimate of drug-likeness (QED) is 0.831. The van der Waals surface area contributed by atoms with E-state index in [9.17, 15) is 9.59 Å². The largest absolute Gasteiger partial charge is 0.486 e. The molecule has 0 aromatic carbocycles. The van der Waals surface area contributed by atoms with Crippen molar-refractivity contribution < 1.29 is 13.9 Å². The number of hydrogen-bond acceptors (Lipinski definition) is 4. The van der Waals surface area contributed by atoms with Gasteiger partial charge in [-0.3, -0.25) is 4.79 Å². The van der Waals surface area contributed by atoms with E-state index in [4.69, 9.17) is 9.15 Å². The highest BCUT2D eigenvalue weighted by Gasteiger charge is 2.52. The minimum atomic E-state index is -0.394. The second-order valence-electron chi connectivity index (χ2n) is 9.36. The van der Waals surface area contributed by atoms with Crippen LogP contribution in [0.4, 0.5) is 0 Å². The number of aryl methyl sites for hydroxylation is 1. The predicted octanol–water partition coefficient (Wildman–Crippen LogP) is 3.14. The molecule has 26 heavy (non-hydrogen) atoms. The lowest BCUT2D eigenvalue weighted by Gasteiger charge is -2.57. The maximum absolute atomic E-state index is 12.8. The van der Waals surface area contributed by atoms with Crippen molar-refractivity contribution in [3.8, 4) is 5.75 Å². The Morgan fingerprint density at radius 1 is 1.15 bits per heavy atom. The summed E-state index contributed by atoms with van der Waals surface area (Å²) in [6.45, 7) is 2.99. The molecule has 1 amide bonds. The van der Waals surface area contributed by atoms with Crippen LogP contribution in [0.15, 0.2) is 21.3 Å². The Balaban J connectivity index is 1.17. The monoisotopic (exact) mass is 357 g/mol. The molecule has 140 valence electrons. The van der Waals surface area contributed by atoms with E-state index in [0.29, 0.717) is 35.9 Å². The molecule has 0 N–H and O–H groups in total. The van der Waals surface area contributed by atoms with Crippen LogP contribution in [-0.2, 0) is 4.79 Å². The van der Waals surface area contributed by atoms with Crippen LogP contribution in [-0.4, -0.2) is 30.0 Å². The zero-order chi connectivity index (χ0) is 17.9. The molecule has 1 aromatic heterocycles. The lowest BCUT2D eigenvalue weighted by Crippen LogP contribution is -2.57. The van der Waals surface area contributed by atoms with E-state index in [1.165, 1.54) is 44.6 Å². The van der Waals surface area contributed by atoms with Gasteiger partial charge in [-0.1, -0.05) is 0 Å². The van der Waals surface area contributed by atoms with Gasteiger partial charge in [-0.15, -0.1) is 0 Å². The van der Waals surface area contributed by atoms with Gasteiger partial charge in [0.15, 0.2) is 0 Å². The molecule has 5 aliphatic rings. The van der Waals surface area contributed by atoms with Crippen LogP contribution >= 0.6 is 0 Å². The standard InChI is InChI=1S/C21H27NO4/c1-13-2-17(6-20(24)25-13)26-18-11-22(12-18)19(23)10-21-7-14-3-15(8-21)5-16(4-14)9-21/h2,6,14-16,18H,3-5,7-12H2,1H3. The number of carbonyl (C=O) groups excluding carboxylic acids is 1. The SMILES string of the molecule is Cc1cc(OC2CN(C(=O)CC34CC5CC(CC(C5)C3)C4)C2)cc(=O)o1. The average molecular weight is 357 g/mol. The van der Waals surface area contributed by atoms with Crippen molar-refractivity contribution in [1.82, 2.24) is 4.90 Å². The van der Waals surface area contributed by atoms with Gasteiger partial charge >= 0.3 is 5.63 Å². The second kappa shape index (κ2) is 5.86. The Bertz CT molecular complexity index is 741. The molecule has 6 rings (SSSR count). The number of nitrogens with zero attached hydrogens (tertiary/aromatic N) is 1. The highest BCUT2D eigenvalue weighted by atomic mass is 16.5. The van der Waals surface area contributed by atoms with Gasteiger partial charge in [-0.25, -0.2) is 4.79 Å². The van der Waals surface area contributed by atoms with Gasteiger partial charge in [0.2, 0.25) is 5.91 Å². The Morgan fingerprint density at radius 2 is 1.77 bits per heavy atom. The topological polar surface area (TPSA) is 59.8 Å². The van der Waals surface area contributed by atoms with Gasteiger partial charge in [0.05, 0.1) is 19.2 Å². The molecule has 1 aromatic rings. The lowest BCUT2D eigenvalue weighted by atomic mass is 9.49. The molecule has 4 saturated carbocycles. The van der Waals surface area contributed by atoms with E-state index >= 15 is 0 Å². The van der Waals surface area contributed by atoms with E-state index in [1.807, 2.05) is 4.90 Å². The fraction of sp³-hybridized carbons (Fsp3) is 0.714. The first kappa shape index (κ1) is 16.4. The molecule has 1 aliphatic heterocycles. The Morgan fingerprint density at radius 3 is 2.35 bits per heavy atom. The van der Waals surface area contributed by atoms with Crippen molar-refractivity contribution in [2.24, 2.45) is 23.2 Å². The fourth-order valence-electron chi connectivity index (χ4n) is 6.49. The summed E-state index contributed by atoms with van der Waals surface area (Å²) in [6.07, 6.45) is 8.79. The third-order valence-corrected chi connectivity index (χ3v) is 7.06. The van der Waals surface area contributed by atoms with Crippen LogP contribution in [0.1, 0.15) is 50.7 Å². The Hall–Kier alpha value is -1.78. The minimum absolute atomic E-state index is 0.0171. The summed E-state index contributed by atoms with van der Waals surface area (Å²) >= 11 is 0. The molecule has 0 spiro atoms. The van der Waals surface area contributed by atoms with Crippen LogP contribution < -0.4 is 10.4 Å². The van der Waals surface area contributed by atoms with Gasteiger partial charge in [-0.05, 0) is 68.6 Å². The Labute approximate surface area is 153 Å². The van der Waals surface area contributed by atoms with Crippen LogP contribution in [0.5, 0.6) is 5.75 Å². The molecule has 0 unspecified atom stereocenters. The predicted molar refractivity (Wildman–Crippen MR) is 95.9 cm³/mol. The summed E-state index contributed by atoms with van der Waals surface area (Å²) in [4.78, 5) is 26.2. The van der Waals surface area contributed by atoms with E-state index < -0.39 is 5.63 Å². The van der Waals surface area contributed by atoms with Gasteiger partial charge < -0.3 is 14.1 Å². The first-order valence-corrected chi connectivity index (χ1v) is 10.0. The number of hydrogen-bond donors (Lipinski definition) is 0. The normalized spacial score (nSPS) is 35.4. The summed E-state index contributed by atoms with van der Waals surface area (Å²) in [6, 6.07) is 3.09. The highest BCUT2D eigenvalue weighted by Crippen LogP contribution is 2.61. The van der Waals surface area contributed by atoms with Crippen molar-refractivity contribution in [1.29, 1.82) is 0 Å². The molecule has 2 heterocycles. The number of amides is 1. The number of likely N-dealkylation sites (tertiary alicyclic amines) is 1. The molecule has 5 nitrogen and oxygen atoms in total. The van der Waals surface area contributed by atoms with Crippen molar-refractivity contribution >= 4 is 5.91 Å². The van der Waals surface area contributed by atoms with Gasteiger partial charge in [-0.2, -0.15) is 0 Å². The summed E-state index contributed by atoms with van der Waals surface area (Å²) in [5.74, 6) is 4.03. The molecule has 0 radical (unpaired) electrons. The zero-order valence-corrected chi connectivity index (χ0v) is 15.4. The summed E-state index contributed by atoms with van der Waals surface area (Å²) < 4.78 is 10.8. The van der Waals surface area contributed by atoms with Gasteiger partial charge in [0.25, 0.3) is 0 Å². The first-order chi connectivity index (χ1) is 12.5. The first-order valence-electron chi connectivity index (χ1n) is 10.0. The van der Waals surface area contributed by atoms with Crippen LogP contribution in [0.3, 0.4) is 0 Å². The van der Waals surface area contributed by atoms with Crippen molar-refractivity contribution in [3.05, 3.63) is 28.3 Å². The molecule has 4 bridgehead atoms. The number of ether oxygens (including phenoxy) is 1. The average Bonchev–Trinajstić information content (AvgIpc) is 2.47. The molecular weight excluding hydrogens is 330 g/mol. The third-order valence-electron chi connectivity index (χ3n) is 7.06. The van der Waals surface area contributed by atoms with Crippen molar-refractivity contribution in [2.75, 3.05) is 13.1 Å². The number of rotatable bonds is 4. The van der Waals surface area contributed by atoms with E-state index in [-0.39, 0.29) is 6.10 Å². The van der Waals surface area contributed by atoms with Crippen LogP contribution in [0, 0.1) is 30.1 Å². The smallest absolute Gasteiger partial charge is 0.339 e. The van der Waals surface area contributed by atoms with Gasteiger partial charge in [0, 0.05) is 12.5 Å². The molecular formula is C21H27NO4. The van der Waals surface area contributed by atoms with Crippen LogP contribution in [0.2, 0.25) is 0 Å². The third kappa shape index (κ3) is 2.95. The maximum Gasteiger partial charge on any atom is 0.339 e. The summed E-state index contributed by atoms with van der Waals surface area (Å²) in [5, 5.41) is 0. The molecule has 4 aliphatic carbocycles. The number of carbonyl (C=O) groups is 1. The summed E-state index contributed by atoms with van der Waals surface area (Å²) in [5.41, 5.74) is -0.0955. The van der Waals surface area contributed by atoms with E-state index in [0.717, 1.165) is 24.2 Å².